The summed E-state index contributed by atoms with van der Waals surface area (Å²) in [5, 5.41) is 0.796. The van der Waals surface area contributed by atoms with Crippen LogP contribution in [0.5, 0.6) is 0 Å². The third-order valence-electron chi connectivity index (χ3n) is 1.66. The summed E-state index contributed by atoms with van der Waals surface area (Å²) in [5.74, 6) is -0.240. The van der Waals surface area contributed by atoms with Crippen molar-refractivity contribution in [2.24, 2.45) is 0 Å². The molecule has 2 aromatic rings. The Bertz CT molecular complexity index is 389. The molecule has 11 heavy (non-hydrogen) atoms. The predicted octanol–water partition coefficient (Wildman–Crippen LogP) is 2.68. The fraction of sp³-hybridized carbons (Fsp3) is 0.111. The normalized spacial score (nSPS) is 10.7. The number of fused-ring (bicyclic) bond motifs is 1. The Morgan fingerprint density at radius 3 is 3.09 bits per heavy atom. The van der Waals surface area contributed by atoms with Gasteiger partial charge in [-0.15, -0.1) is 0 Å². The molecule has 0 unspecified atom stereocenters. The second-order valence-electron chi connectivity index (χ2n) is 2.47. The first kappa shape index (κ1) is 6.40. The van der Waals surface area contributed by atoms with E-state index in [4.69, 9.17) is 4.42 Å². The van der Waals surface area contributed by atoms with Crippen molar-refractivity contribution < 1.29 is 8.81 Å². The Labute approximate surface area is 63.4 Å². The number of halogens is 1. The van der Waals surface area contributed by atoms with Crippen molar-refractivity contribution in [3.05, 3.63) is 35.8 Å². The maximum Gasteiger partial charge on any atom is 0.173 e. The van der Waals surface area contributed by atoms with Gasteiger partial charge < -0.3 is 4.42 Å². The minimum Gasteiger partial charge on any atom is -0.452 e. The van der Waals surface area contributed by atoms with Crippen LogP contribution in [0.25, 0.3) is 11.0 Å². The van der Waals surface area contributed by atoms with Crippen LogP contribution >= 0.6 is 0 Å². The van der Waals surface area contributed by atoms with Crippen molar-refractivity contribution in [1.82, 2.24) is 0 Å². The number of furan rings is 1. The van der Waals surface area contributed by atoms with Crippen molar-refractivity contribution in [1.29, 1.82) is 0 Å². The number of hydrogen-bond donors (Lipinski definition) is 0. The van der Waals surface area contributed by atoms with E-state index in [0.29, 0.717) is 5.58 Å². The second kappa shape index (κ2) is 2.09. The summed E-state index contributed by atoms with van der Waals surface area (Å²) in [6, 6.07) is 4.43. The molecule has 1 nitrogen and oxygen atoms in total. The summed E-state index contributed by atoms with van der Waals surface area (Å²) < 4.78 is 17.7. The van der Waals surface area contributed by atoms with E-state index in [1.54, 1.807) is 6.07 Å². The Morgan fingerprint density at radius 2 is 2.27 bits per heavy atom. The molecule has 0 aliphatic rings. The molecule has 0 spiro atoms. The van der Waals surface area contributed by atoms with Crippen LogP contribution in [0.4, 0.5) is 4.39 Å². The topological polar surface area (TPSA) is 13.1 Å². The van der Waals surface area contributed by atoms with Gasteiger partial charge in [0.25, 0.3) is 0 Å². The lowest BCUT2D eigenvalue weighted by molar-refractivity contribution is 0.599. The van der Waals surface area contributed by atoms with Crippen molar-refractivity contribution in [2.75, 3.05) is 0 Å². The molecule has 0 saturated heterocycles. The molecule has 2 rings (SSSR count). The molecule has 0 aliphatic carbocycles. The Morgan fingerprint density at radius 1 is 1.45 bits per heavy atom. The second-order valence-corrected chi connectivity index (χ2v) is 2.47. The third kappa shape index (κ3) is 0.909. The molecular weight excluding hydrogens is 143 g/mol. The highest BCUT2D eigenvalue weighted by Gasteiger charge is 2.02. The summed E-state index contributed by atoms with van der Waals surface area (Å²) in [6.07, 6.45) is 2.66. The van der Waals surface area contributed by atoms with Gasteiger partial charge in [0.15, 0.2) is 6.26 Å². The van der Waals surface area contributed by atoms with Crippen LogP contribution in [0.2, 0.25) is 0 Å². The van der Waals surface area contributed by atoms with Crippen LogP contribution in [0.1, 0.15) is 5.56 Å². The van der Waals surface area contributed by atoms with Crippen LogP contribution in [0, 0.1) is 19.0 Å². The number of benzene rings is 1. The van der Waals surface area contributed by atoms with Gasteiger partial charge in [-0.1, -0.05) is 0 Å². The summed E-state index contributed by atoms with van der Waals surface area (Å²) in [6.45, 7) is 1.84. The molecule has 0 aliphatic heterocycles. The fourth-order valence-corrected chi connectivity index (χ4v) is 1.07. The van der Waals surface area contributed by atoms with Crippen LogP contribution in [0.15, 0.2) is 22.6 Å². The average molecular weight is 149 g/mol. The zero-order valence-electron chi connectivity index (χ0n) is 6.02. The first-order chi connectivity index (χ1) is 5.27. The molecule has 1 aromatic heterocycles. The minimum absolute atomic E-state index is 0.240. The summed E-state index contributed by atoms with van der Waals surface area (Å²) in [4.78, 5) is 0. The van der Waals surface area contributed by atoms with Gasteiger partial charge in [0.05, 0.1) is 0 Å². The van der Waals surface area contributed by atoms with E-state index in [9.17, 15) is 4.39 Å². The highest BCUT2D eigenvalue weighted by molar-refractivity contribution is 5.80. The van der Waals surface area contributed by atoms with E-state index in [0.717, 1.165) is 10.9 Å². The van der Waals surface area contributed by atoms with Crippen LogP contribution in [-0.2, 0) is 0 Å². The van der Waals surface area contributed by atoms with Crippen LogP contribution in [0.3, 0.4) is 0 Å². The third-order valence-corrected chi connectivity index (χ3v) is 1.66. The largest absolute Gasteiger partial charge is 0.452 e. The summed E-state index contributed by atoms with van der Waals surface area (Å²) >= 11 is 0. The average Bonchev–Trinajstić information content (AvgIpc) is 2.33. The first-order valence-corrected chi connectivity index (χ1v) is 3.34. The molecule has 0 N–H and O–H groups in total. The number of rotatable bonds is 0. The van der Waals surface area contributed by atoms with Gasteiger partial charge in [0.2, 0.25) is 0 Å². The molecule has 1 heterocycles. The van der Waals surface area contributed by atoms with E-state index in [1.807, 2.05) is 6.92 Å². The lowest BCUT2D eigenvalue weighted by Gasteiger charge is -1.88. The SMILES string of the molecule is Cc1[c]oc2ccc(F)cc12. The van der Waals surface area contributed by atoms with Gasteiger partial charge in [-0.3, -0.25) is 0 Å². The fourth-order valence-electron chi connectivity index (χ4n) is 1.07. The van der Waals surface area contributed by atoms with Crippen molar-refractivity contribution in [3.8, 4) is 0 Å². The quantitative estimate of drug-likeness (QED) is 0.561. The zero-order valence-corrected chi connectivity index (χ0v) is 6.02. The minimum atomic E-state index is -0.240. The Kier molecular flexibility index (Phi) is 1.22. The van der Waals surface area contributed by atoms with Gasteiger partial charge in [-0.2, -0.15) is 0 Å². The van der Waals surface area contributed by atoms with Crippen LogP contribution in [-0.4, -0.2) is 0 Å². The van der Waals surface area contributed by atoms with E-state index in [1.165, 1.54) is 12.1 Å². The lowest BCUT2D eigenvalue weighted by Crippen LogP contribution is -1.72. The smallest absolute Gasteiger partial charge is 0.173 e. The van der Waals surface area contributed by atoms with Gasteiger partial charge in [0.1, 0.15) is 11.4 Å². The summed E-state index contributed by atoms with van der Waals surface area (Å²) in [5.41, 5.74) is 1.53. The molecule has 55 valence electrons. The molecule has 0 fully saturated rings. The summed E-state index contributed by atoms with van der Waals surface area (Å²) in [7, 11) is 0. The van der Waals surface area contributed by atoms with Gasteiger partial charge >= 0.3 is 0 Å². The molecule has 0 saturated carbocycles. The molecule has 0 amide bonds. The first-order valence-electron chi connectivity index (χ1n) is 3.34. The van der Waals surface area contributed by atoms with E-state index in [-0.39, 0.29) is 5.82 Å². The highest BCUT2D eigenvalue weighted by atomic mass is 19.1. The van der Waals surface area contributed by atoms with Gasteiger partial charge in [0, 0.05) is 10.9 Å². The van der Waals surface area contributed by atoms with Crippen molar-refractivity contribution >= 4 is 11.0 Å². The molecule has 2 heteroatoms. The van der Waals surface area contributed by atoms with Crippen molar-refractivity contribution in [3.63, 3.8) is 0 Å². The monoisotopic (exact) mass is 149 g/mol. The highest BCUT2D eigenvalue weighted by Crippen LogP contribution is 2.20. The van der Waals surface area contributed by atoms with Crippen molar-refractivity contribution in [2.45, 2.75) is 6.92 Å². The van der Waals surface area contributed by atoms with E-state index < -0.39 is 0 Å². The standard InChI is InChI=1S/C9H6FO/c1-6-5-11-9-3-2-7(10)4-8(6)9/h2-4H,1H3. The zero-order chi connectivity index (χ0) is 7.84. The molecular formula is C9H6FO. The number of hydrogen-bond acceptors (Lipinski definition) is 1. The Balaban J connectivity index is 2.87. The van der Waals surface area contributed by atoms with E-state index in [2.05, 4.69) is 6.26 Å². The molecule has 1 radical (unpaired) electrons. The van der Waals surface area contributed by atoms with Gasteiger partial charge in [-0.05, 0) is 25.1 Å². The number of aryl methyl sites for hydroxylation is 1. The van der Waals surface area contributed by atoms with E-state index >= 15 is 0 Å². The predicted molar refractivity (Wildman–Crippen MR) is 39.7 cm³/mol. The lowest BCUT2D eigenvalue weighted by atomic mass is 10.2. The molecule has 1 aromatic carbocycles. The molecule has 0 bridgehead atoms. The van der Waals surface area contributed by atoms with Gasteiger partial charge in [-0.25, -0.2) is 4.39 Å². The molecule has 0 atom stereocenters. The van der Waals surface area contributed by atoms with Crippen LogP contribution < -0.4 is 0 Å². The maximum absolute atomic E-state index is 12.6. The maximum atomic E-state index is 12.6. The Hall–Kier alpha value is -1.31.